The molecular weight excluding hydrogens is 274 g/mol. The lowest BCUT2D eigenvalue weighted by molar-refractivity contribution is 1.13. The minimum absolute atomic E-state index is 0.836. The van der Waals surface area contributed by atoms with E-state index in [2.05, 4.69) is 31.2 Å². The summed E-state index contributed by atoms with van der Waals surface area (Å²) < 4.78 is 1.06. The molecule has 0 spiro atoms. The van der Waals surface area contributed by atoms with Crippen molar-refractivity contribution in [2.24, 2.45) is 0 Å². The second kappa shape index (κ2) is 4.72. The van der Waals surface area contributed by atoms with Gasteiger partial charge >= 0.3 is 0 Å². The molecule has 15 heavy (non-hydrogen) atoms. The summed E-state index contributed by atoms with van der Waals surface area (Å²) >= 11 is 5.16. The predicted octanol–water partition coefficient (Wildman–Crippen LogP) is 3.40. The molecule has 0 aliphatic carbocycles. The molecular formula is C10H10BrN3S. The molecule has 78 valence electrons. The molecule has 0 aromatic carbocycles. The number of anilines is 1. The largest absolute Gasteiger partial charge is 0.369 e. The van der Waals surface area contributed by atoms with Crippen molar-refractivity contribution < 1.29 is 0 Å². The Balaban J connectivity index is 2.48. The molecule has 0 amide bonds. The zero-order valence-corrected chi connectivity index (χ0v) is 10.6. The normalized spacial score (nSPS) is 10.3. The summed E-state index contributed by atoms with van der Waals surface area (Å²) in [5.74, 6) is 0.836. The van der Waals surface area contributed by atoms with Crippen LogP contribution >= 0.6 is 27.3 Å². The lowest BCUT2D eigenvalue weighted by Gasteiger charge is -2.06. The minimum Gasteiger partial charge on any atom is -0.369 e. The van der Waals surface area contributed by atoms with E-state index in [0.717, 1.165) is 27.4 Å². The van der Waals surface area contributed by atoms with Crippen molar-refractivity contribution in [2.75, 3.05) is 11.9 Å². The van der Waals surface area contributed by atoms with Gasteiger partial charge < -0.3 is 5.32 Å². The van der Waals surface area contributed by atoms with Crippen LogP contribution in [0.5, 0.6) is 0 Å². The van der Waals surface area contributed by atoms with Crippen LogP contribution in [0.25, 0.3) is 10.6 Å². The summed E-state index contributed by atoms with van der Waals surface area (Å²) in [7, 11) is 0. The number of aromatic nitrogens is 2. The Hall–Kier alpha value is -0.940. The molecule has 0 fully saturated rings. The van der Waals surface area contributed by atoms with E-state index in [1.807, 2.05) is 18.4 Å². The van der Waals surface area contributed by atoms with Crippen LogP contribution in [0.15, 0.2) is 28.3 Å². The molecule has 0 bridgehead atoms. The van der Waals surface area contributed by atoms with E-state index >= 15 is 0 Å². The third-order valence-corrected chi connectivity index (χ3v) is 3.72. The molecule has 2 rings (SSSR count). The molecule has 0 atom stereocenters. The molecule has 0 aliphatic rings. The average molecular weight is 284 g/mol. The highest BCUT2D eigenvalue weighted by molar-refractivity contribution is 9.10. The Morgan fingerprint density at radius 2 is 2.20 bits per heavy atom. The van der Waals surface area contributed by atoms with E-state index in [1.165, 1.54) is 0 Å². The number of nitrogens with one attached hydrogen (secondary N) is 1. The smallest absolute Gasteiger partial charge is 0.153 e. The second-order valence-corrected chi connectivity index (χ2v) is 4.65. The maximum Gasteiger partial charge on any atom is 0.153 e. The van der Waals surface area contributed by atoms with E-state index in [4.69, 9.17) is 0 Å². The summed E-state index contributed by atoms with van der Waals surface area (Å²) in [6, 6.07) is 2.02. The van der Waals surface area contributed by atoms with Crippen molar-refractivity contribution in [1.29, 1.82) is 0 Å². The van der Waals surface area contributed by atoms with E-state index in [1.54, 1.807) is 23.7 Å². The number of thiophene rings is 1. The fraction of sp³-hybridized carbons (Fsp3) is 0.200. The van der Waals surface area contributed by atoms with Gasteiger partial charge in [-0.3, -0.25) is 0 Å². The highest BCUT2D eigenvalue weighted by Gasteiger charge is 2.11. The van der Waals surface area contributed by atoms with Crippen LogP contribution in [0.3, 0.4) is 0 Å². The number of halogens is 1. The van der Waals surface area contributed by atoms with Crippen LogP contribution in [-0.4, -0.2) is 16.5 Å². The quantitative estimate of drug-likeness (QED) is 0.938. The zero-order chi connectivity index (χ0) is 10.7. The van der Waals surface area contributed by atoms with Crippen molar-refractivity contribution >= 4 is 33.1 Å². The first-order chi connectivity index (χ1) is 7.33. The lowest BCUT2D eigenvalue weighted by Crippen LogP contribution is -2.01. The molecule has 3 nitrogen and oxygen atoms in total. The van der Waals surface area contributed by atoms with Gasteiger partial charge in [-0.15, -0.1) is 11.3 Å². The zero-order valence-electron chi connectivity index (χ0n) is 8.20. The average Bonchev–Trinajstić information content (AvgIpc) is 2.66. The van der Waals surface area contributed by atoms with Crippen molar-refractivity contribution in [3.63, 3.8) is 0 Å². The Morgan fingerprint density at radius 3 is 2.87 bits per heavy atom. The number of nitrogens with zero attached hydrogens (tertiary/aromatic N) is 2. The Kier molecular flexibility index (Phi) is 3.33. The maximum absolute atomic E-state index is 4.36. The fourth-order valence-electron chi connectivity index (χ4n) is 1.26. The number of hydrogen-bond donors (Lipinski definition) is 1. The lowest BCUT2D eigenvalue weighted by atomic mass is 10.3. The number of hydrogen-bond acceptors (Lipinski definition) is 4. The summed E-state index contributed by atoms with van der Waals surface area (Å²) in [6.45, 7) is 2.89. The molecule has 0 saturated heterocycles. The summed E-state index contributed by atoms with van der Waals surface area (Å²) in [4.78, 5) is 9.74. The van der Waals surface area contributed by atoms with Crippen LogP contribution < -0.4 is 5.32 Å². The SMILES string of the molecule is CCNc1nccnc1-c1sccc1Br. The van der Waals surface area contributed by atoms with Gasteiger partial charge in [0.05, 0.1) is 4.88 Å². The minimum atomic E-state index is 0.836. The predicted molar refractivity (Wildman–Crippen MR) is 67.2 cm³/mol. The molecule has 1 N–H and O–H groups in total. The summed E-state index contributed by atoms with van der Waals surface area (Å²) in [5, 5.41) is 5.24. The molecule has 0 radical (unpaired) electrons. The maximum atomic E-state index is 4.36. The van der Waals surface area contributed by atoms with Gasteiger partial charge in [-0.1, -0.05) is 0 Å². The Labute approximate surface area is 101 Å². The van der Waals surface area contributed by atoms with Crippen LogP contribution in [0.2, 0.25) is 0 Å². The molecule has 2 aromatic rings. The van der Waals surface area contributed by atoms with Crippen LogP contribution in [-0.2, 0) is 0 Å². The van der Waals surface area contributed by atoms with Crippen molar-refractivity contribution in [3.05, 3.63) is 28.3 Å². The molecule has 0 unspecified atom stereocenters. The van der Waals surface area contributed by atoms with Crippen LogP contribution in [0, 0.1) is 0 Å². The molecule has 2 aromatic heterocycles. The Bertz CT molecular complexity index is 455. The van der Waals surface area contributed by atoms with E-state index < -0.39 is 0 Å². The van der Waals surface area contributed by atoms with Crippen LogP contribution in [0.1, 0.15) is 6.92 Å². The fourth-order valence-corrected chi connectivity index (χ4v) is 2.82. The molecule has 5 heteroatoms. The van der Waals surface area contributed by atoms with E-state index in [0.29, 0.717) is 0 Å². The van der Waals surface area contributed by atoms with Gasteiger partial charge in [-0.05, 0) is 34.3 Å². The topological polar surface area (TPSA) is 37.8 Å². The Morgan fingerprint density at radius 1 is 1.40 bits per heavy atom. The molecule has 0 aliphatic heterocycles. The van der Waals surface area contributed by atoms with E-state index in [9.17, 15) is 0 Å². The first kappa shape index (κ1) is 10.6. The first-order valence-electron chi connectivity index (χ1n) is 4.61. The summed E-state index contributed by atoms with van der Waals surface area (Å²) in [6.07, 6.45) is 3.41. The monoisotopic (exact) mass is 283 g/mol. The van der Waals surface area contributed by atoms with Gasteiger partial charge in [0.25, 0.3) is 0 Å². The van der Waals surface area contributed by atoms with Crippen molar-refractivity contribution in [2.45, 2.75) is 6.92 Å². The highest BCUT2D eigenvalue weighted by Crippen LogP contribution is 2.35. The van der Waals surface area contributed by atoms with Gasteiger partial charge in [0.15, 0.2) is 5.82 Å². The van der Waals surface area contributed by atoms with Crippen LogP contribution in [0.4, 0.5) is 5.82 Å². The second-order valence-electron chi connectivity index (χ2n) is 2.88. The van der Waals surface area contributed by atoms with E-state index in [-0.39, 0.29) is 0 Å². The van der Waals surface area contributed by atoms with Gasteiger partial charge in [0.2, 0.25) is 0 Å². The van der Waals surface area contributed by atoms with Gasteiger partial charge in [-0.2, -0.15) is 0 Å². The number of rotatable bonds is 3. The van der Waals surface area contributed by atoms with Crippen molar-refractivity contribution in [1.82, 2.24) is 9.97 Å². The highest BCUT2D eigenvalue weighted by atomic mass is 79.9. The van der Waals surface area contributed by atoms with Crippen molar-refractivity contribution in [3.8, 4) is 10.6 Å². The molecule has 2 heterocycles. The van der Waals surface area contributed by atoms with Gasteiger partial charge in [0.1, 0.15) is 5.69 Å². The first-order valence-corrected chi connectivity index (χ1v) is 6.28. The third kappa shape index (κ3) is 2.18. The molecule has 0 saturated carbocycles. The van der Waals surface area contributed by atoms with Gasteiger partial charge in [-0.25, -0.2) is 9.97 Å². The third-order valence-electron chi connectivity index (χ3n) is 1.87. The standard InChI is InChI=1S/C10H10BrN3S/c1-2-12-10-8(13-4-5-14-10)9-7(11)3-6-15-9/h3-6H,2H2,1H3,(H,12,14). The summed E-state index contributed by atoms with van der Waals surface area (Å²) in [5.41, 5.74) is 0.904. The van der Waals surface area contributed by atoms with Gasteiger partial charge in [0, 0.05) is 23.4 Å².